The van der Waals surface area contributed by atoms with E-state index in [9.17, 15) is 0 Å². The Morgan fingerprint density at radius 2 is 1.95 bits per heavy atom. The zero-order valence-electron chi connectivity index (χ0n) is 12.2. The highest BCUT2D eigenvalue weighted by Crippen LogP contribution is 2.14. The van der Waals surface area contributed by atoms with Gasteiger partial charge in [0.1, 0.15) is 0 Å². The van der Waals surface area contributed by atoms with E-state index in [1.165, 1.54) is 16.7 Å². The Labute approximate surface area is 125 Å². The van der Waals surface area contributed by atoms with Crippen LogP contribution in [-0.4, -0.2) is 9.78 Å². The average Bonchev–Trinajstić information content (AvgIpc) is 3.00. The quantitative estimate of drug-likeness (QED) is 0.767. The number of nitrogens with zero attached hydrogens (tertiary/aromatic N) is 2. The van der Waals surface area contributed by atoms with Crippen molar-refractivity contribution in [3.05, 3.63) is 83.7 Å². The molecule has 0 bridgehead atoms. The molecule has 106 valence electrons. The van der Waals surface area contributed by atoms with Gasteiger partial charge in [-0.1, -0.05) is 36.4 Å². The van der Waals surface area contributed by atoms with Crippen molar-refractivity contribution >= 4 is 5.69 Å². The molecule has 0 unspecified atom stereocenters. The van der Waals surface area contributed by atoms with Crippen LogP contribution < -0.4 is 5.32 Å². The minimum atomic E-state index is 0.798. The molecule has 1 N–H and O–H groups in total. The van der Waals surface area contributed by atoms with Crippen molar-refractivity contribution in [2.45, 2.75) is 20.0 Å². The minimum absolute atomic E-state index is 0.798. The lowest BCUT2D eigenvalue weighted by molar-refractivity contribution is 0.687. The largest absolute Gasteiger partial charge is 0.381 e. The summed E-state index contributed by atoms with van der Waals surface area (Å²) in [4.78, 5) is 0. The monoisotopic (exact) mass is 277 g/mol. The number of aromatic nitrogens is 2. The van der Waals surface area contributed by atoms with Gasteiger partial charge in [0, 0.05) is 24.6 Å². The summed E-state index contributed by atoms with van der Waals surface area (Å²) in [5.74, 6) is 0. The van der Waals surface area contributed by atoms with Crippen LogP contribution in [0.4, 0.5) is 5.69 Å². The van der Waals surface area contributed by atoms with E-state index in [1.54, 1.807) is 6.20 Å². The minimum Gasteiger partial charge on any atom is -0.381 e. The maximum atomic E-state index is 4.24. The summed E-state index contributed by atoms with van der Waals surface area (Å²) in [7, 11) is 0. The van der Waals surface area contributed by atoms with Crippen molar-refractivity contribution in [2.24, 2.45) is 0 Å². The van der Waals surface area contributed by atoms with Gasteiger partial charge in [0.2, 0.25) is 0 Å². The molecule has 2 aromatic carbocycles. The van der Waals surface area contributed by atoms with E-state index in [1.807, 2.05) is 16.9 Å². The van der Waals surface area contributed by atoms with Crippen LogP contribution in [0.15, 0.2) is 67.0 Å². The molecule has 0 amide bonds. The molecule has 3 rings (SSSR count). The van der Waals surface area contributed by atoms with Crippen LogP contribution in [0, 0.1) is 6.92 Å². The van der Waals surface area contributed by atoms with Crippen molar-refractivity contribution in [1.82, 2.24) is 9.78 Å². The summed E-state index contributed by atoms with van der Waals surface area (Å²) in [6, 6.07) is 18.9. The molecule has 3 heteroatoms. The van der Waals surface area contributed by atoms with Crippen LogP contribution >= 0.6 is 0 Å². The van der Waals surface area contributed by atoms with E-state index in [0.29, 0.717) is 0 Å². The number of nitrogens with one attached hydrogen (secondary N) is 1. The summed E-state index contributed by atoms with van der Waals surface area (Å²) in [6.07, 6.45) is 3.79. The zero-order valence-corrected chi connectivity index (χ0v) is 12.2. The molecule has 0 radical (unpaired) electrons. The van der Waals surface area contributed by atoms with Gasteiger partial charge in [-0.25, -0.2) is 0 Å². The molecular weight excluding hydrogens is 258 g/mol. The third-order valence-electron chi connectivity index (χ3n) is 3.57. The second-order valence-electron chi connectivity index (χ2n) is 5.18. The van der Waals surface area contributed by atoms with Gasteiger partial charge in [-0.15, -0.1) is 0 Å². The van der Waals surface area contributed by atoms with E-state index in [0.717, 1.165) is 18.8 Å². The third-order valence-corrected chi connectivity index (χ3v) is 3.57. The van der Waals surface area contributed by atoms with E-state index in [4.69, 9.17) is 0 Å². The van der Waals surface area contributed by atoms with E-state index in [-0.39, 0.29) is 0 Å². The molecule has 1 heterocycles. The van der Waals surface area contributed by atoms with Gasteiger partial charge in [-0.3, -0.25) is 4.68 Å². The fraction of sp³-hybridized carbons (Fsp3) is 0.167. The highest BCUT2D eigenvalue weighted by Gasteiger charge is 2.00. The van der Waals surface area contributed by atoms with Crippen LogP contribution in [-0.2, 0) is 13.1 Å². The second kappa shape index (κ2) is 6.27. The van der Waals surface area contributed by atoms with Crippen LogP contribution in [0.5, 0.6) is 0 Å². The summed E-state index contributed by atoms with van der Waals surface area (Å²) in [6.45, 7) is 3.79. The molecule has 21 heavy (non-hydrogen) atoms. The normalized spacial score (nSPS) is 10.5. The molecule has 0 spiro atoms. The SMILES string of the molecule is Cc1ccccc1CNc1cccc(Cn2cccn2)c1. The Balaban J connectivity index is 1.67. The number of rotatable bonds is 5. The van der Waals surface area contributed by atoms with Gasteiger partial charge < -0.3 is 5.32 Å². The lowest BCUT2D eigenvalue weighted by atomic mass is 10.1. The lowest BCUT2D eigenvalue weighted by Gasteiger charge is -2.10. The average molecular weight is 277 g/mol. The summed E-state index contributed by atoms with van der Waals surface area (Å²) >= 11 is 0. The predicted molar refractivity (Wildman–Crippen MR) is 86.3 cm³/mol. The van der Waals surface area contributed by atoms with Gasteiger partial charge >= 0.3 is 0 Å². The Hall–Kier alpha value is -2.55. The van der Waals surface area contributed by atoms with Gasteiger partial charge in [0.15, 0.2) is 0 Å². The summed E-state index contributed by atoms with van der Waals surface area (Å²) < 4.78 is 1.93. The number of anilines is 1. The molecule has 3 nitrogen and oxygen atoms in total. The van der Waals surface area contributed by atoms with Gasteiger partial charge in [-0.05, 0) is 41.8 Å². The first-order chi connectivity index (χ1) is 10.3. The number of aryl methyl sites for hydroxylation is 1. The van der Waals surface area contributed by atoms with Crippen LogP contribution in [0.1, 0.15) is 16.7 Å². The maximum absolute atomic E-state index is 4.24. The fourth-order valence-electron chi connectivity index (χ4n) is 2.37. The van der Waals surface area contributed by atoms with Crippen molar-refractivity contribution in [3.8, 4) is 0 Å². The molecular formula is C18H19N3. The zero-order chi connectivity index (χ0) is 14.5. The summed E-state index contributed by atoms with van der Waals surface area (Å²) in [5, 5.41) is 7.73. The molecule has 1 aromatic heterocycles. The van der Waals surface area contributed by atoms with E-state index in [2.05, 4.69) is 65.9 Å². The molecule has 0 fully saturated rings. The van der Waals surface area contributed by atoms with E-state index < -0.39 is 0 Å². The Morgan fingerprint density at radius 1 is 1.05 bits per heavy atom. The Morgan fingerprint density at radius 3 is 2.76 bits per heavy atom. The van der Waals surface area contributed by atoms with Crippen molar-refractivity contribution in [2.75, 3.05) is 5.32 Å². The topological polar surface area (TPSA) is 29.9 Å². The molecule has 0 atom stereocenters. The number of hydrogen-bond donors (Lipinski definition) is 1. The predicted octanol–water partition coefficient (Wildman–Crippen LogP) is 3.85. The molecule has 0 saturated heterocycles. The highest BCUT2D eigenvalue weighted by molar-refractivity contribution is 5.46. The molecule has 0 aliphatic carbocycles. The third kappa shape index (κ3) is 3.51. The first-order valence-electron chi connectivity index (χ1n) is 7.16. The number of hydrogen-bond acceptors (Lipinski definition) is 2. The van der Waals surface area contributed by atoms with Crippen molar-refractivity contribution in [1.29, 1.82) is 0 Å². The second-order valence-corrected chi connectivity index (χ2v) is 5.18. The van der Waals surface area contributed by atoms with Crippen LogP contribution in [0.25, 0.3) is 0 Å². The van der Waals surface area contributed by atoms with E-state index >= 15 is 0 Å². The Bertz CT molecular complexity index is 702. The highest BCUT2D eigenvalue weighted by atomic mass is 15.3. The van der Waals surface area contributed by atoms with Crippen LogP contribution in [0.3, 0.4) is 0 Å². The van der Waals surface area contributed by atoms with Crippen molar-refractivity contribution in [3.63, 3.8) is 0 Å². The fourth-order valence-corrected chi connectivity index (χ4v) is 2.37. The molecule has 0 aliphatic rings. The van der Waals surface area contributed by atoms with Crippen molar-refractivity contribution < 1.29 is 0 Å². The smallest absolute Gasteiger partial charge is 0.0660 e. The first-order valence-corrected chi connectivity index (χ1v) is 7.16. The lowest BCUT2D eigenvalue weighted by Crippen LogP contribution is -2.03. The molecule has 0 aliphatic heterocycles. The van der Waals surface area contributed by atoms with Gasteiger partial charge in [-0.2, -0.15) is 5.10 Å². The standard InChI is InChI=1S/C18H19N3/c1-15-6-2-3-8-17(15)13-19-18-9-4-7-16(12-18)14-21-11-5-10-20-21/h2-12,19H,13-14H2,1H3. The maximum Gasteiger partial charge on any atom is 0.0660 e. The van der Waals surface area contributed by atoms with Gasteiger partial charge in [0.25, 0.3) is 0 Å². The number of benzene rings is 2. The van der Waals surface area contributed by atoms with Crippen LogP contribution in [0.2, 0.25) is 0 Å². The molecule has 0 saturated carbocycles. The molecule has 3 aromatic rings. The summed E-state index contributed by atoms with van der Waals surface area (Å²) in [5.41, 5.74) is 5.03. The van der Waals surface area contributed by atoms with Gasteiger partial charge in [0.05, 0.1) is 6.54 Å². The first kappa shape index (κ1) is 13.4. The Kier molecular flexibility index (Phi) is 4.01.